The Labute approximate surface area is 188 Å². The number of amides is 1. The van der Waals surface area contributed by atoms with Gasteiger partial charge in [0.1, 0.15) is 5.56 Å². The highest BCUT2D eigenvalue weighted by Gasteiger charge is 2.18. The van der Waals surface area contributed by atoms with Crippen molar-refractivity contribution in [2.24, 2.45) is 0 Å². The molecule has 4 aromatic rings. The topological polar surface area (TPSA) is 59.3 Å². The van der Waals surface area contributed by atoms with E-state index in [1.807, 2.05) is 38.1 Å². The molecule has 7 heteroatoms. The minimum absolute atomic E-state index is 0.203. The highest BCUT2D eigenvalue weighted by atomic mass is 79.9. The van der Waals surface area contributed by atoms with Gasteiger partial charge in [-0.2, -0.15) is 5.10 Å². The number of aromatic nitrogens is 3. The number of carbonyl (C=O) groups is 1. The number of halogens is 2. The van der Waals surface area contributed by atoms with Crippen LogP contribution in [0.5, 0.6) is 0 Å². The third-order valence-corrected chi connectivity index (χ3v) is 5.83. The molecule has 0 unspecified atom stereocenters. The van der Waals surface area contributed by atoms with Crippen LogP contribution in [0.3, 0.4) is 0 Å². The first-order valence-corrected chi connectivity index (χ1v) is 10.7. The number of hydrogen-bond acceptors (Lipinski definition) is 3. The quantitative estimate of drug-likeness (QED) is 0.420. The van der Waals surface area contributed by atoms with E-state index in [2.05, 4.69) is 38.5 Å². The zero-order valence-electron chi connectivity index (χ0n) is 16.6. The molecule has 0 aliphatic rings. The Bertz CT molecular complexity index is 1230. The molecule has 2 aromatic carbocycles. The molecule has 0 radical (unpaired) electrons. The number of carbonyl (C=O) groups excluding carboxylic acids is 1. The van der Waals surface area contributed by atoms with Gasteiger partial charge in [-0.3, -0.25) is 4.79 Å². The van der Waals surface area contributed by atoms with Crippen LogP contribution in [0.15, 0.2) is 59.2 Å². The average Bonchev–Trinajstić information content (AvgIpc) is 3.14. The molecule has 5 nitrogen and oxygen atoms in total. The molecular formula is C23H20BrClN4O. The maximum Gasteiger partial charge on any atom is 0.257 e. The van der Waals surface area contributed by atoms with Crippen molar-refractivity contribution in [1.29, 1.82) is 0 Å². The minimum atomic E-state index is -0.203. The van der Waals surface area contributed by atoms with Gasteiger partial charge in [0, 0.05) is 33.8 Å². The predicted octanol–water partition coefficient (Wildman–Crippen LogP) is 5.28. The fraction of sp³-hybridized carbons (Fsp3) is 0.174. The summed E-state index contributed by atoms with van der Waals surface area (Å²) in [6, 6.07) is 15.6. The van der Waals surface area contributed by atoms with Gasteiger partial charge in [0.15, 0.2) is 5.65 Å². The van der Waals surface area contributed by atoms with Gasteiger partial charge in [0.25, 0.3) is 5.91 Å². The first-order valence-electron chi connectivity index (χ1n) is 9.53. The van der Waals surface area contributed by atoms with E-state index in [9.17, 15) is 4.79 Å². The van der Waals surface area contributed by atoms with E-state index >= 15 is 0 Å². The predicted molar refractivity (Wildman–Crippen MR) is 122 cm³/mol. The van der Waals surface area contributed by atoms with Gasteiger partial charge in [0.05, 0.1) is 6.20 Å². The molecule has 0 bridgehead atoms. The Balaban J connectivity index is 1.60. The summed E-state index contributed by atoms with van der Waals surface area (Å²) in [6.07, 6.45) is 2.33. The Hall–Kier alpha value is -2.70. The van der Waals surface area contributed by atoms with Crippen molar-refractivity contribution in [3.05, 3.63) is 97.9 Å². The van der Waals surface area contributed by atoms with Crippen LogP contribution < -0.4 is 5.32 Å². The maximum atomic E-state index is 12.8. The van der Waals surface area contributed by atoms with E-state index in [0.717, 1.165) is 33.4 Å². The average molecular weight is 484 g/mol. The molecule has 0 aliphatic carbocycles. The SMILES string of the molecule is Cc1nc2c(C(=O)NCc3ccc(Cl)cc3)cnn2c(C)c1Cc1cccc(Br)c1. The third kappa shape index (κ3) is 4.25. The van der Waals surface area contributed by atoms with E-state index in [-0.39, 0.29) is 5.91 Å². The zero-order valence-corrected chi connectivity index (χ0v) is 19.0. The number of rotatable bonds is 5. The monoisotopic (exact) mass is 482 g/mol. The Morgan fingerprint density at radius 3 is 2.63 bits per heavy atom. The van der Waals surface area contributed by atoms with Gasteiger partial charge in [-0.05, 0) is 54.8 Å². The van der Waals surface area contributed by atoms with Gasteiger partial charge in [-0.15, -0.1) is 0 Å². The second-order valence-electron chi connectivity index (χ2n) is 7.17. The summed E-state index contributed by atoms with van der Waals surface area (Å²) in [5.41, 5.74) is 6.17. The number of fused-ring (bicyclic) bond motifs is 1. The highest BCUT2D eigenvalue weighted by Crippen LogP contribution is 2.22. The van der Waals surface area contributed by atoms with Crippen LogP contribution >= 0.6 is 27.5 Å². The number of benzene rings is 2. The number of nitrogens with zero attached hydrogens (tertiary/aromatic N) is 3. The van der Waals surface area contributed by atoms with Crippen LogP contribution in [0.25, 0.3) is 5.65 Å². The molecule has 2 heterocycles. The largest absolute Gasteiger partial charge is 0.348 e. The van der Waals surface area contributed by atoms with Crippen molar-refractivity contribution >= 4 is 39.1 Å². The van der Waals surface area contributed by atoms with Gasteiger partial charge in [-0.1, -0.05) is 51.8 Å². The molecule has 2 aromatic heterocycles. The first kappa shape index (κ1) is 20.6. The molecule has 0 aliphatic heterocycles. The number of nitrogens with one attached hydrogen (secondary N) is 1. The lowest BCUT2D eigenvalue weighted by Gasteiger charge is -2.12. The molecule has 1 N–H and O–H groups in total. The normalized spacial score (nSPS) is 11.1. The van der Waals surface area contributed by atoms with E-state index in [4.69, 9.17) is 16.6 Å². The summed E-state index contributed by atoms with van der Waals surface area (Å²) >= 11 is 9.44. The van der Waals surface area contributed by atoms with E-state index in [0.29, 0.717) is 22.8 Å². The fourth-order valence-electron chi connectivity index (χ4n) is 3.46. The van der Waals surface area contributed by atoms with Crippen LogP contribution in [0.4, 0.5) is 0 Å². The van der Waals surface area contributed by atoms with E-state index in [1.54, 1.807) is 22.8 Å². The van der Waals surface area contributed by atoms with E-state index < -0.39 is 0 Å². The summed E-state index contributed by atoms with van der Waals surface area (Å²) < 4.78 is 2.79. The molecule has 152 valence electrons. The Kier molecular flexibility index (Phi) is 5.88. The standard InChI is InChI=1S/C23H20BrClN4O/c1-14-20(11-17-4-3-5-18(24)10-17)15(2)29-22(28-14)21(13-27-29)23(30)26-12-16-6-8-19(25)9-7-16/h3-10,13H,11-12H2,1-2H3,(H,26,30). The Morgan fingerprint density at radius 2 is 1.90 bits per heavy atom. The van der Waals surface area contributed by atoms with E-state index in [1.165, 1.54) is 5.56 Å². The first-order chi connectivity index (χ1) is 14.4. The minimum Gasteiger partial charge on any atom is -0.348 e. The van der Waals surface area contributed by atoms with Gasteiger partial charge in [-0.25, -0.2) is 9.50 Å². The second kappa shape index (κ2) is 8.58. The van der Waals surface area contributed by atoms with Crippen molar-refractivity contribution in [1.82, 2.24) is 19.9 Å². The lowest BCUT2D eigenvalue weighted by Crippen LogP contribution is -2.23. The summed E-state index contributed by atoms with van der Waals surface area (Å²) in [7, 11) is 0. The zero-order chi connectivity index (χ0) is 21.3. The smallest absolute Gasteiger partial charge is 0.257 e. The summed E-state index contributed by atoms with van der Waals surface area (Å²) in [5, 5.41) is 8.03. The molecule has 1 amide bonds. The summed E-state index contributed by atoms with van der Waals surface area (Å²) in [6.45, 7) is 4.40. The van der Waals surface area contributed by atoms with Crippen molar-refractivity contribution in [3.63, 3.8) is 0 Å². The van der Waals surface area contributed by atoms with Crippen LogP contribution in [0.1, 0.15) is 38.4 Å². The highest BCUT2D eigenvalue weighted by molar-refractivity contribution is 9.10. The van der Waals surface area contributed by atoms with Crippen molar-refractivity contribution in [2.45, 2.75) is 26.8 Å². The lowest BCUT2D eigenvalue weighted by molar-refractivity contribution is 0.0952. The summed E-state index contributed by atoms with van der Waals surface area (Å²) in [5.74, 6) is -0.203. The molecule has 0 spiro atoms. The van der Waals surface area contributed by atoms with Crippen molar-refractivity contribution in [3.8, 4) is 0 Å². The molecule has 4 rings (SSSR count). The van der Waals surface area contributed by atoms with Crippen LogP contribution in [0, 0.1) is 13.8 Å². The lowest BCUT2D eigenvalue weighted by atomic mass is 10.0. The fourth-order valence-corrected chi connectivity index (χ4v) is 4.03. The van der Waals surface area contributed by atoms with Crippen molar-refractivity contribution in [2.75, 3.05) is 0 Å². The molecular weight excluding hydrogens is 464 g/mol. The molecule has 30 heavy (non-hydrogen) atoms. The Morgan fingerprint density at radius 1 is 1.13 bits per heavy atom. The third-order valence-electron chi connectivity index (χ3n) is 5.09. The van der Waals surface area contributed by atoms with Crippen molar-refractivity contribution < 1.29 is 4.79 Å². The molecule has 0 saturated heterocycles. The maximum absolute atomic E-state index is 12.8. The van der Waals surface area contributed by atoms with Gasteiger partial charge in [0.2, 0.25) is 0 Å². The molecule has 0 saturated carbocycles. The number of hydrogen-bond donors (Lipinski definition) is 1. The second-order valence-corrected chi connectivity index (χ2v) is 8.52. The van der Waals surface area contributed by atoms with Crippen LogP contribution in [0.2, 0.25) is 5.02 Å². The van der Waals surface area contributed by atoms with Crippen LogP contribution in [-0.2, 0) is 13.0 Å². The summed E-state index contributed by atoms with van der Waals surface area (Å²) in [4.78, 5) is 17.5. The van der Waals surface area contributed by atoms with Gasteiger partial charge >= 0.3 is 0 Å². The van der Waals surface area contributed by atoms with Gasteiger partial charge < -0.3 is 5.32 Å². The molecule has 0 atom stereocenters. The van der Waals surface area contributed by atoms with Crippen LogP contribution in [-0.4, -0.2) is 20.5 Å². The number of aryl methyl sites for hydroxylation is 2. The molecule has 0 fully saturated rings.